The van der Waals surface area contributed by atoms with Crippen LogP contribution in [0.25, 0.3) is 0 Å². The molecule has 0 radical (unpaired) electrons. The Kier molecular flexibility index (Phi) is 6.67. The van der Waals surface area contributed by atoms with E-state index in [9.17, 15) is 4.79 Å². The minimum Gasteiger partial charge on any atom is -0.492 e. The van der Waals surface area contributed by atoms with Crippen LogP contribution in [0.2, 0.25) is 0 Å². The number of hydrogen-bond donors (Lipinski definition) is 2. The highest BCUT2D eigenvalue weighted by Gasteiger charge is 2.23. The van der Waals surface area contributed by atoms with Crippen molar-refractivity contribution >= 4 is 6.09 Å². The van der Waals surface area contributed by atoms with E-state index in [1.807, 2.05) is 24.3 Å². The molecule has 2 rings (SSSR count). The first-order valence-corrected chi connectivity index (χ1v) is 8.12. The number of nitrogens with zero attached hydrogens (tertiary/aromatic N) is 2. The Morgan fingerprint density at radius 1 is 1.39 bits per heavy atom. The fraction of sp³-hybridized carbons (Fsp3) is 0.588. The molecular weight excluding hydrogens is 294 g/mol. The molecule has 1 aliphatic heterocycles. The maximum absolute atomic E-state index is 10.4. The van der Waals surface area contributed by atoms with E-state index in [0.717, 1.165) is 30.9 Å². The van der Waals surface area contributed by atoms with Crippen molar-refractivity contribution in [1.82, 2.24) is 15.1 Å². The molecule has 2 N–H and O–H groups in total. The van der Waals surface area contributed by atoms with Gasteiger partial charge in [0.05, 0.1) is 0 Å². The van der Waals surface area contributed by atoms with Crippen molar-refractivity contribution in [2.75, 3.05) is 46.9 Å². The number of carboxylic acid groups (broad SMARTS) is 1. The molecule has 0 aliphatic carbocycles. The van der Waals surface area contributed by atoms with E-state index in [0.29, 0.717) is 25.6 Å². The average Bonchev–Trinajstić information content (AvgIpc) is 2.98. The Morgan fingerprint density at radius 3 is 2.74 bits per heavy atom. The molecule has 1 atom stereocenters. The quantitative estimate of drug-likeness (QED) is 0.760. The summed E-state index contributed by atoms with van der Waals surface area (Å²) in [5.74, 6) is 0.864. The van der Waals surface area contributed by atoms with Gasteiger partial charge in [0.25, 0.3) is 0 Å². The largest absolute Gasteiger partial charge is 0.492 e. The van der Waals surface area contributed by atoms with Gasteiger partial charge in [-0.1, -0.05) is 12.1 Å². The molecular formula is C17H27N3O3. The van der Waals surface area contributed by atoms with Crippen molar-refractivity contribution in [2.24, 2.45) is 0 Å². The Hall–Kier alpha value is -1.79. The van der Waals surface area contributed by atoms with E-state index in [1.54, 1.807) is 0 Å². The lowest BCUT2D eigenvalue weighted by Gasteiger charge is -2.20. The summed E-state index contributed by atoms with van der Waals surface area (Å²) in [7, 11) is 4.27. The molecule has 1 aromatic carbocycles. The van der Waals surface area contributed by atoms with Crippen LogP contribution in [-0.2, 0) is 6.42 Å². The van der Waals surface area contributed by atoms with Crippen LogP contribution in [0.5, 0.6) is 5.75 Å². The molecule has 0 bridgehead atoms. The molecule has 1 heterocycles. The van der Waals surface area contributed by atoms with Crippen molar-refractivity contribution in [1.29, 1.82) is 0 Å². The highest BCUT2D eigenvalue weighted by atomic mass is 16.5. The Bertz CT molecular complexity index is 490. The first-order chi connectivity index (χ1) is 11.0. The van der Waals surface area contributed by atoms with Gasteiger partial charge < -0.3 is 20.1 Å². The van der Waals surface area contributed by atoms with E-state index in [1.165, 1.54) is 6.42 Å². The molecule has 23 heavy (non-hydrogen) atoms. The monoisotopic (exact) mass is 321 g/mol. The van der Waals surface area contributed by atoms with Gasteiger partial charge >= 0.3 is 6.09 Å². The average molecular weight is 321 g/mol. The minimum atomic E-state index is -0.983. The van der Waals surface area contributed by atoms with Crippen molar-refractivity contribution in [3.63, 3.8) is 0 Å². The number of likely N-dealkylation sites (N-methyl/N-ethyl adjacent to an activating group) is 1. The van der Waals surface area contributed by atoms with Gasteiger partial charge in [0, 0.05) is 25.7 Å². The normalized spacial score (nSPS) is 18.3. The lowest BCUT2D eigenvalue weighted by Crippen LogP contribution is -2.33. The van der Waals surface area contributed by atoms with Crippen molar-refractivity contribution in [3.05, 3.63) is 29.8 Å². The number of ether oxygens (including phenoxy) is 1. The number of hydrogen-bond acceptors (Lipinski definition) is 4. The van der Waals surface area contributed by atoms with Gasteiger partial charge in [0.15, 0.2) is 0 Å². The van der Waals surface area contributed by atoms with Gasteiger partial charge in [-0.3, -0.25) is 4.90 Å². The Labute approximate surface area is 138 Å². The zero-order valence-corrected chi connectivity index (χ0v) is 14.0. The van der Waals surface area contributed by atoms with Gasteiger partial charge in [0.1, 0.15) is 12.4 Å². The van der Waals surface area contributed by atoms with Crippen LogP contribution in [0.4, 0.5) is 4.79 Å². The fourth-order valence-corrected chi connectivity index (χ4v) is 2.80. The van der Waals surface area contributed by atoms with E-state index >= 15 is 0 Å². The molecule has 128 valence electrons. The van der Waals surface area contributed by atoms with Gasteiger partial charge in [0.2, 0.25) is 0 Å². The highest BCUT2D eigenvalue weighted by Crippen LogP contribution is 2.15. The summed E-state index contributed by atoms with van der Waals surface area (Å²) < 4.78 is 5.80. The maximum atomic E-state index is 10.4. The second-order valence-corrected chi connectivity index (χ2v) is 6.18. The van der Waals surface area contributed by atoms with Gasteiger partial charge in [-0.15, -0.1) is 0 Å². The lowest BCUT2D eigenvalue weighted by atomic mass is 10.1. The number of nitrogens with one attached hydrogen (secondary N) is 1. The van der Waals surface area contributed by atoms with Crippen molar-refractivity contribution in [3.8, 4) is 5.75 Å². The predicted molar refractivity (Wildman–Crippen MR) is 90.2 cm³/mol. The molecule has 0 aromatic heterocycles. The summed E-state index contributed by atoms with van der Waals surface area (Å²) in [6, 6.07) is 8.52. The van der Waals surface area contributed by atoms with Crippen molar-refractivity contribution in [2.45, 2.75) is 18.9 Å². The van der Waals surface area contributed by atoms with Crippen LogP contribution in [0.1, 0.15) is 12.0 Å². The summed E-state index contributed by atoms with van der Waals surface area (Å²) in [5, 5.41) is 10.9. The van der Waals surface area contributed by atoms with Crippen LogP contribution in [-0.4, -0.2) is 73.9 Å². The van der Waals surface area contributed by atoms with Gasteiger partial charge in [-0.2, -0.15) is 0 Å². The number of carbonyl (C=O) groups is 1. The SMILES string of the molecule is CN(C)C1CCN(CCOc2ccc(CCNC(=O)O)cc2)C1. The first kappa shape index (κ1) is 17.6. The van der Waals surface area contributed by atoms with E-state index < -0.39 is 6.09 Å². The minimum absolute atomic E-state index is 0.428. The summed E-state index contributed by atoms with van der Waals surface area (Å²) in [4.78, 5) is 15.1. The molecule has 1 fully saturated rings. The molecule has 6 nitrogen and oxygen atoms in total. The zero-order valence-electron chi connectivity index (χ0n) is 14.0. The number of rotatable bonds is 8. The zero-order chi connectivity index (χ0) is 16.7. The molecule has 1 unspecified atom stereocenters. The molecule has 1 amide bonds. The van der Waals surface area contributed by atoms with E-state index in [2.05, 4.69) is 29.2 Å². The molecule has 1 aromatic rings. The maximum Gasteiger partial charge on any atom is 0.404 e. The predicted octanol–water partition coefficient (Wildman–Crippen LogP) is 1.51. The second kappa shape index (κ2) is 8.74. The number of likely N-dealkylation sites (tertiary alicyclic amines) is 1. The van der Waals surface area contributed by atoms with Crippen molar-refractivity contribution < 1.29 is 14.6 Å². The summed E-state index contributed by atoms with van der Waals surface area (Å²) in [6.45, 7) is 4.33. The Morgan fingerprint density at radius 2 is 2.13 bits per heavy atom. The third kappa shape index (κ3) is 6.08. The second-order valence-electron chi connectivity index (χ2n) is 6.18. The van der Waals surface area contributed by atoms with E-state index in [4.69, 9.17) is 9.84 Å². The third-order valence-electron chi connectivity index (χ3n) is 4.27. The molecule has 1 saturated heterocycles. The third-order valence-corrected chi connectivity index (χ3v) is 4.27. The standard InChI is InChI=1S/C17H27N3O3/c1-19(2)15-8-10-20(13-15)11-12-23-16-5-3-14(4-6-16)7-9-18-17(21)22/h3-6,15,18H,7-13H2,1-2H3,(H,21,22). The van der Waals surface area contributed by atoms with Gasteiger partial charge in [-0.25, -0.2) is 4.79 Å². The lowest BCUT2D eigenvalue weighted by molar-refractivity contribution is 0.194. The number of benzene rings is 1. The fourth-order valence-electron chi connectivity index (χ4n) is 2.80. The smallest absolute Gasteiger partial charge is 0.404 e. The highest BCUT2D eigenvalue weighted by molar-refractivity contribution is 5.64. The van der Waals surface area contributed by atoms with Crippen LogP contribution >= 0.6 is 0 Å². The van der Waals surface area contributed by atoms with Gasteiger partial charge in [-0.05, 0) is 51.2 Å². The molecule has 6 heteroatoms. The summed E-state index contributed by atoms with van der Waals surface area (Å²) >= 11 is 0. The summed E-state index contributed by atoms with van der Waals surface area (Å²) in [5.41, 5.74) is 1.10. The molecule has 0 saturated carbocycles. The van der Waals surface area contributed by atoms with Crippen LogP contribution in [0, 0.1) is 0 Å². The van der Waals surface area contributed by atoms with Crippen LogP contribution in [0.15, 0.2) is 24.3 Å². The Balaban J connectivity index is 1.65. The van der Waals surface area contributed by atoms with Crippen LogP contribution in [0.3, 0.4) is 0 Å². The summed E-state index contributed by atoms with van der Waals surface area (Å²) in [6.07, 6.45) is 0.932. The first-order valence-electron chi connectivity index (χ1n) is 8.12. The number of amides is 1. The topological polar surface area (TPSA) is 65.0 Å². The van der Waals surface area contributed by atoms with E-state index in [-0.39, 0.29) is 0 Å². The molecule has 0 spiro atoms. The molecule has 1 aliphatic rings. The van der Waals surface area contributed by atoms with Crippen LogP contribution < -0.4 is 10.1 Å².